The zero-order valence-corrected chi connectivity index (χ0v) is 13.9. The molecule has 0 radical (unpaired) electrons. The number of carbonyl (C=O) groups excluding carboxylic acids is 2. The van der Waals surface area contributed by atoms with Crippen molar-refractivity contribution in [2.75, 3.05) is 13.7 Å². The van der Waals surface area contributed by atoms with Crippen molar-refractivity contribution < 1.29 is 14.3 Å². The molecular weight excluding hydrogens is 292 g/mol. The van der Waals surface area contributed by atoms with E-state index in [4.69, 9.17) is 4.74 Å². The fraction of sp³-hybridized carbons (Fsp3) is 0.556. The molecule has 1 fully saturated rings. The van der Waals surface area contributed by atoms with Crippen LogP contribution < -0.4 is 15.4 Å². The summed E-state index contributed by atoms with van der Waals surface area (Å²) in [6, 6.07) is 7.33. The molecule has 0 bridgehead atoms. The van der Waals surface area contributed by atoms with Crippen molar-refractivity contribution in [2.45, 2.75) is 45.1 Å². The first kappa shape index (κ1) is 17.3. The number of amides is 2. The predicted octanol–water partition coefficient (Wildman–Crippen LogP) is 2.51. The van der Waals surface area contributed by atoms with E-state index in [0.29, 0.717) is 30.2 Å². The Morgan fingerprint density at radius 2 is 1.96 bits per heavy atom. The van der Waals surface area contributed by atoms with E-state index in [1.54, 1.807) is 18.2 Å². The van der Waals surface area contributed by atoms with Crippen LogP contribution in [0, 0.1) is 5.92 Å². The number of nitrogens with one attached hydrogen (secondary N) is 2. The van der Waals surface area contributed by atoms with Gasteiger partial charge in [0, 0.05) is 19.0 Å². The second-order valence-electron chi connectivity index (χ2n) is 6.14. The highest BCUT2D eigenvalue weighted by molar-refractivity contribution is 5.97. The molecule has 0 unspecified atom stereocenters. The maximum atomic E-state index is 12.1. The number of methoxy groups -OCH3 is 1. The average molecular weight is 318 g/mol. The number of hydrogen-bond donors (Lipinski definition) is 2. The van der Waals surface area contributed by atoms with E-state index < -0.39 is 0 Å². The van der Waals surface area contributed by atoms with Crippen molar-refractivity contribution in [1.29, 1.82) is 0 Å². The molecule has 0 saturated heterocycles. The van der Waals surface area contributed by atoms with Gasteiger partial charge in [-0.1, -0.05) is 31.9 Å². The molecule has 0 heterocycles. The van der Waals surface area contributed by atoms with Gasteiger partial charge in [0.1, 0.15) is 5.75 Å². The number of benzene rings is 1. The lowest BCUT2D eigenvalue weighted by Crippen LogP contribution is -2.42. The van der Waals surface area contributed by atoms with Crippen LogP contribution in [0.4, 0.5) is 0 Å². The SMILES string of the molecule is COc1ccccc1C(=O)NCCC(=O)N[C@@H]1CCCC[C@@H]1C. The normalized spacial score (nSPS) is 20.6. The minimum atomic E-state index is -0.221. The molecule has 5 heteroatoms. The molecular formula is C18H26N2O3. The average Bonchev–Trinajstić information content (AvgIpc) is 2.56. The van der Waals surface area contributed by atoms with E-state index in [9.17, 15) is 9.59 Å². The Labute approximate surface area is 137 Å². The number of carbonyl (C=O) groups is 2. The number of ether oxygens (including phenoxy) is 1. The van der Waals surface area contributed by atoms with Crippen LogP contribution in [0.1, 0.15) is 49.4 Å². The highest BCUT2D eigenvalue weighted by Crippen LogP contribution is 2.23. The summed E-state index contributed by atoms with van der Waals surface area (Å²) in [6.07, 6.45) is 4.96. The summed E-state index contributed by atoms with van der Waals surface area (Å²) in [5.41, 5.74) is 0.483. The van der Waals surface area contributed by atoms with Gasteiger partial charge in [-0.25, -0.2) is 0 Å². The lowest BCUT2D eigenvalue weighted by Gasteiger charge is -2.29. The Morgan fingerprint density at radius 3 is 2.70 bits per heavy atom. The standard InChI is InChI=1S/C18H26N2O3/c1-13-7-3-5-9-15(13)20-17(21)11-12-19-18(22)14-8-4-6-10-16(14)23-2/h4,6,8,10,13,15H,3,5,7,9,11-12H2,1-2H3,(H,19,22)(H,20,21)/t13-,15+/m0/s1. The Bertz CT molecular complexity index is 545. The van der Waals surface area contributed by atoms with Gasteiger partial charge in [0.25, 0.3) is 5.91 Å². The third kappa shape index (κ3) is 4.98. The number of rotatable bonds is 6. The Kier molecular flexibility index (Phi) is 6.44. The van der Waals surface area contributed by atoms with E-state index in [2.05, 4.69) is 17.6 Å². The number of para-hydroxylation sites is 1. The fourth-order valence-corrected chi connectivity index (χ4v) is 3.03. The first-order chi connectivity index (χ1) is 11.1. The van der Waals surface area contributed by atoms with Crippen LogP contribution in [0.15, 0.2) is 24.3 Å². The minimum absolute atomic E-state index is 0.00377. The van der Waals surface area contributed by atoms with Crippen molar-refractivity contribution in [3.63, 3.8) is 0 Å². The van der Waals surface area contributed by atoms with Crippen LogP contribution in [0.3, 0.4) is 0 Å². The van der Waals surface area contributed by atoms with Crippen LogP contribution in [0.25, 0.3) is 0 Å². The second kappa shape index (κ2) is 8.56. The summed E-state index contributed by atoms with van der Waals surface area (Å²) < 4.78 is 5.17. The lowest BCUT2D eigenvalue weighted by molar-refractivity contribution is -0.122. The van der Waals surface area contributed by atoms with Gasteiger partial charge in [0.05, 0.1) is 12.7 Å². The van der Waals surface area contributed by atoms with Crippen LogP contribution in [-0.2, 0) is 4.79 Å². The Hall–Kier alpha value is -2.04. The summed E-state index contributed by atoms with van der Waals surface area (Å²) in [4.78, 5) is 24.1. The van der Waals surface area contributed by atoms with Crippen molar-refractivity contribution in [3.8, 4) is 5.75 Å². The quantitative estimate of drug-likeness (QED) is 0.847. The number of hydrogen-bond acceptors (Lipinski definition) is 3. The van der Waals surface area contributed by atoms with Crippen LogP contribution in [0.5, 0.6) is 5.75 Å². The second-order valence-corrected chi connectivity index (χ2v) is 6.14. The zero-order valence-electron chi connectivity index (χ0n) is 13.9. The Balaban J connectivity index is 1.75. The summed E-state index contributed by atoms with van der Waals surface area (Å²) in [7, 11) is 1.53. The van der Waals surface area contributed by atoms with Gasteiger partial charge in [-0.3, -0.25) is 9.59 Å². The van der Waals surface area contributed by atoms with E-state index in [-0.39, 0.29) is 17.9 Å². The van der Waals surface area contributed by atoms with E-state index in [0.717, 1.165) is 6.42 Å². The molecule has 2 atom stereocenters. The molecule has 0 aromatic heterocycles. The maximum absolute atomic E-state index is 12.1. The first-order valence-corrected chi connectivity index (χ1v) is 8.32. The molecule has 2 N–H and O–H groups in total. The van der Waals surface area contributed by atoms with Gasteiger partial charge in [-0.05, 0) is 30.9 Å². The van der Waals surface area contributed by atoms with Crippen molar-refractivity contribution >= 4 is 11.8 Å². The molecule has 2 amide bonds. The van der Waals surface area contributed by atoms with Crippen molar-refractivity contribution in [3.05, 3.63) is 29.8 Å². The van der Waals surface area contributed by atoms with Crippen molar-refractivity contribution in [1.82, 2.24) is 10.6 Å². The van der Waals surface area contributed by atoms with Crippen LogP contribution in [-0.4, -0.2) is 31.5 Å². The van der Waals surface area contributed by atoms with Crippen LogP contribution in [0.2, 0.25) is 0 Å². The third-order valence-electron chi connectivity index (χ3n) is 4.45. The zero-order chi connectivity index (χ0) is 16.7. The summed E-state index contributed by atoms with van der Waals surface area (Å²) in [5.74, 6) is 0.853. The molecule has 23 heavy (non-hydrogen) atoms. The highest BCUT2D eigenvalue weighted by atomic mass is 16.5. The van der Waals surface area contributed by atoms with Gasteiger partial charge in [0.15, 0.2) is 0 Å². The molecule has 0 spiro atoms. The minimum Gasteiger partial charge on any atom is -0.496 e. The van der Waals surface area contributed by atoms with Gasteiger partial charge >= 0.3 is 0 Å². The van der Waals surface area contributed by atoms with E-state index in [1.165, 1.54) is 26.4 Å². The van der Waals surface area contributed by atoms with Gasteiger partial charge in [0.2, 0.25) is 5.91 Å². The van der Waals surface area contributed by atoms with Gasteiger partial charge in [-0.2, -0.15) is 0 Å². The largest absolute Gasteiger partial charge is 0.496 e. The lowest BCUT2D eigenvalue weighted by atomic mass is 9.86. The smallest absolute Gasteiger partial charge is 0.255 e. The monoisotopic (exact) mass is 318 g/mol. The summed E-state index contributed by atoms with van der Waals surface area (Å²) in [6.45, 7) is 2.51. The predicted molar refractivity (Wildman–Crippen MR) is 89.5 cm³/mol. The van der Waals surface area contributed by atoms with Gasteiger partial charge in [-0.15, -0.1) is 0 Å². The molecule has 0 aliphatic heterocycles. The molecule has 1 saturated carbocycles. The highest BCUT2D eigenvalue weighted by Gasteiger charge is 2.22. The van der Waals surface area contributed by atoms with Crippen molar-refractivity contribution in [2.24, 2.45) is 5.92 Å². The Morgan fingerprint density at radius 1 is 1.22 bits per heavy atom. The molecule has 1 aliphatic rings. The first-order valence-electron chi connectivity index (χ1n) is 8.32. The van der Waals surface area contributed by atoms with Gasteiger partial charge < -0.3 is 15.4 Å². The maximum Gasteiger partial charge on any atom is 0.255 e. The topological polar surface area (TPSA) is 67.4 Å². The summed E-state index contributed by atoms with van der Waals surface area (Å²) in [5, 5.41) is 5.86. The van der Waals surface area contributed by atoms with E-state index >= 15 is 0 Å². The fourth-order valence-electron chi connectivity index (χ4n) is 3.03. The third-order valence-corrected chi connectivity index (χ3v) is 4.45. The molecule has 1 aromatic rings. The van der Waals surface area contributed by atoms with E-state index in [1.807, 2.05) is 6.07 Å². The van der Waals surface area contributed by atoms with Crippen LogP contribution >= 0.6 is 0 Å². The molecule has 5 nitrogen and oxygen atoms in total. The molecule has 1 aliphatic carbocycles. The summed E-state index contributed by atoms with van der Waals surface area (Å²) >= 11 is 0. The molecule has 1 aromatic carbocycles. The molecule has 126 valence electrons. The molecule has 2 rings (SSSR count).